The maximum atomic E-state index is 13.1. The van der Waals surface area contributed by atoms with E-state index in [0.717, 1.165) is 21.3 Å². The van der Waals surface area contributed by atoms with E-state index in [-0.39, 0.29) is 11.7 Å². The minimum atomic E-state index is -0.377. The summed E-state index contributed by atoms with van der Waals surface area (Å²) in [6.07, 6.45) is 0. The number of hydrogen-bond donors (Lipinski definition) is 1. The van der Waals surface area contributed by atoms with Gasteiger partial charge in [0.2, 0.25) is 11.7 Å². The number of anilines is 1. The SMILES string of the molecule is O=C(Nc1nc2ccccc2s1)c1oc(-c2ccccc2)nc1-c1ccccc1. The molecule has 0 radical (unpaired) electrons. The summed E-state index contributed by atoms with van der Waals surface area (Å²) in [7, 11) is 0. The number of para-hydroxylation sites is 1. The van der Waals surface area contributed by atoms with Crippen LogP contribution < -0.4 is 5.32 Å². The smallest absolute Gasteiger partial charge is 0.295 e. The highest BCUT2D eigenvalue weighted by Crippen LogP contribution is 2.31. The van der Waals surface area contributed by atoms with Crippen LogP contribution in [0.1, 0.15) is 10.6 Å². The van der Waals surface area contributed by atoms with Crippen LogP contribution in [0.15, 0.2) is 89.3 Å². The van der Waals surface area contributed by atoms with E-state index >= 15 is 0 Å². The van der Waals surface area contributed by atoms with Gasteiger partial charge in [0, 0.05) is 11.1 Å². The van der Waals surface area contributed by atoms with Gasteiger partial charge in [-0.1, -0.05) is 72.0 Å². The van der Waals surface area contributed by atoms with Crippen LogP contribution in [0.25, 0.3) is 32.9 Å². The molecule has 6 heteroatoms. The fourth-order valence-electron chi connectivity index (χ4n) is 3.05. The first-order valence-electron chi connectivity index (χ1n) is 9.06. The van der Waals surface area contributed by atoms with Crippen molar-refractivity contribution in [3.63, 3.8) is 0 Å². The summed E-state index contributed by atoms with van der Waals surface area (Å²) < 4.78 is 6.93. The third kappa shape index (κ3) is 3.41. The number of nitrogens with one attached hydrogen (secondary N) is 1. The maximum Gasteiger partial charge on any atom is 0.295 e. The summed E-state index contributed by atoms with van der Waals surface area (Å²) in [6.45, 7) is 0. The number of thiazole rings is 1. The van der Waals surface area contributed by atoms with Crippen molar-refractivity contribution in [1.29, 1.82) is 0 Å². The first-order chi connectivity index (χ1) is 14.3. The highest BCUT2D eigenvalue weighted by Gasteiger charge is 2.23. The lowest BCUT2D eigenvalue weighted by atomic mass is 10.1. The van der Waals surface area contributed by atoms with Crippen LogP contribution in [0.2, 0.25) is 0 Å². The third-order valence-corrected chi connectivity index (χ3v) is 5.37. The second-order valence-corrected chi connectivity index (χ2v) is 7.40. The molecule has 3 aromatic carbocycles. The molecule has 1 amide bonds. The lowest BCUT2D eigenvalue weighted by Gasteiger charge is -2.01. The second-order valence-electron chi connectivity index (χ2n) is 6.37. The zero-order valence-corrected chi connectivity index (χ0v) is 16.0. The van der Waals surface area contributed by atoms with E-state index in [1.165, 1.54) is 11.3 Å². The Morgan fingerprint density at radius 3 is 2.17 bits per heavy atom. The molecule has 140 valence electrons. The predicted molar refractivity (Wildman–Crippen MR) is 115 cm³/mol. The molecule has 2 aromatic heterocycles. The Morgan fingerprint density at radius 1 is 0.793 bits per heavy atom. The van der Waals surface area contributed by atoms with E-state index in [4.69, 9.17) is 4.42 Å². The van der Waals surface area contributed by atoms with Crippen LogP contribution in [0.4, 0.5) is 5.13 Å². The Kier molecular flexibility index (Phi) is 4.38. The molecule has 0 saturated carbocycles. The number of fused-ring (bicyclic) bond motifs is 1. The summed E-state index contributed by atoms with van der Waals surface area (Å²) in [5.41, 5.74) is 2.97. The van der Waals surface area contributed by atoms with Crippen molar-refractivity contribution >= 4 is 32.6 Å². The molecule has 2 heterocycles. The van der Waals surface area contributed by atoms with E-state index in [2.05, 4.69) is 15.3 Å². The van der Waals surface area contributed by atoms with Gasteiger partial charge in [-0.25, -0.2) is 9.97 Å². The number of amides is 1. The molecule has 0 aliphatic rings. The first kappa shape index (κ1) is 17.3. The van der Waals surface area contributed by atoms with Gasteiger partial charge in [0.15, 0.2) is 5.13 Å². The summed E-state index contributed by atoms with van der Waals surface area (Å²) in [6, 6.07) is 26.8. The van der Waals surface area contributed by atoms with Crippen LogP contribution in [0.5, 0.6) is 0 Å². The molecule has 5 nitrogen and oxygen atoms in total. The van der Waals surface area contributed by atoms with Gasteiger partial charge in [-0.15, -0.1) is 0 Å². The molecule has 5 rings (SSSR count). The highest BCUT2D eigenvalue weighted by molar-refractivity contribution is 7.22. The average molecular weight is 397 g/mol. The molecule has 0 spiro atoms. The van der Waals surface area contributed by atoms with Gasteiger partial charge in [-0.3, -0.25) is 10.1 Å². The number of nitrogens with zero attached hydrogens (tertiary/aromatic N) is 2. The standard InChI is InChI=1S/C23H15N3O2S/c27-21(26-23-24-17-13-7-8-14-18(17)29-23)20-19(15-9-3-1-4-10-15)25-22(28-20)16-11-5-2-6-12-16/h1-14H,(H,24,26,27). The van der Waals surface area contributed by atoms with Gasteiger partial charge in [-0.05, 0) is 24.3 Å². The first-order valence-corrected chi connectivity index (χ1v) is 9.88. The summed E-state index contributed by atoms with van der Waals surface area (Å²) in [5, 5.41) is 3.38. The van der Waals surface area contributed by atoms with E-state index in [0.29, 0.717) is 16.7 Å². The van der Waals surface area contributed by atoms with Crippen LogP contribution >= 0.6 is 11.3 Å². The van der Waals surface area contributed by atoms with Crippen molar-refractivity contribution in [2.45, 2.75) is 0 Å². The lowest BCUT2D eigenvalue weighted by Crippen LogP contribution is -2.11. The van der Waals surface area contributed by atoms with Gasteiger partial charge >= 0.3 is 0 Å². The van der Waals surface area contributed by atoms with Gasteiger partial charge in [0.25, 0.3) is 5.91 Å². The summed E-state index contributed by atoms with van der Waals surface area (Å²) in [4.78, 5) is 22.1. The molecule has 5 aromatic rings. The Morgan fingerprint density at radius 2 is 1.45 bits per heavy atom. The van der Waals surface area contributed by atoms with Crippen molar-refractivity contribution in [2.75, 3.05) is 5.32 Å². The quantitative estimate of drug-likeness (QED) is 0.412. The van der Waals surface area contributed by atoms with Crippen LogP contribution in [0.3, 0.4) is 0 Å². The normalized spacial score (nSPS) is 10.9. The Bertz CT molecular complexity index is 1260. The van der Waals surface area contributed by atoms with Crippen molar-refractivity contribution in [1.82, 2.24) is 9.97 Å². The van der Waals surface area contributed by atoms with Crippen LogP contribution in [-0.2, 0) is 0 Å². The number of oxazole rings is 1. The Balaban J connectivity index is 1.55. The van der Waals surface area contributed by atoms with Crippen LogP contribution in [0, 0.1) is 0 Å². The largest absolute Gasteiger partial charge is 0.430 e. The number of carbonyl (C=O) groups excluding carboxylic acids is 1. The maximum absolute atomic E-state index is 13.1. The molecular weight excluding hydrogens is 382 g/mol. The number of aromatic nitrogens is 2. The Hall–Kier alpha value is -3.77. The Labute approximate surface area is 170 Å². The number of carbonyl (C=O) groups is 1. The van der Waals surface area contributed by atoms with Crippen molar-refractivity contribution in [3.05, 3.63) is 90.7 Å². The van der Waals surface area contributed by atoms with Crippen molar-refractivity contribution in [2.24, 2.45) is 0 Å². The van der Waals surface area contributed by atoms with E-state index in [9.17, 15) is 4.79 Å². The molecule has 0 unspecified atom stereocenters. The van der Waals surface area contributed by atoms with Gasteiger partial charge in [0.05, 0.1) is 10.2 Å². The van der Waals surface area contributed by atoms with Crippen molar-refractivity contribution < 1.29 is 9.21 Å². The highest BCUT2D eigenvalue weighted by atomic mass is 32.1. The molecular formula is C23H15N3O2S. The minimum Gasteiger partial charge on any atom is -0.430 e. The monoisotopic (exact) mass is 397 g/mol. The number of benzene rings is 3. The topological polar surface area (TPSA) is 68.0 Å². The molecule has 29 heavy (non-hydrogen) atoms. The second kappa shape index (κ2) is 7.33. The van der Waals surface area contributed by atoms with E-state index < -0.39 is 0 Å². The number of hydrogen-bond acceptors (Lipinski definition) is 5. The third-order valence-electron chi connectivity index (χ3n) is 4.42. The molecule has 0 atom stereocenters. The lowest BCUT2D eigenvalue weighted by molar-refractivity contribution is 0.0998. The predicted octanol–water partition coefficient (Wildman–Crippen LogP) is 5.87. The fraction of sp³-hybridized carbons (Fsp3) is 0. The van der Waals surface area contributed by atoms with Gasteiger partial charge < -0.3 is 4.42 Å². The molecule has 0 fully saturated rings. The summed E-state index contributed by atoms with van der Waals surface area (Å²) in [5.74, 6) is 0.186. The zero-order chi connectivity index (χ0) is 19.6. The van der Waals surface area contributed by atoms with E-state index in [1.807, 2.05) is 84.9 Å². The fourth-order valence-corrected chi connectivity index (χ4v) is 3.91. The molecule has 1 N–H and O–H groups in total. The van der Waals surface area contributed by atoms with E-state index in [1.54, 1.807) is 0 Å². The van der Waals surface area contributed by atoms with Crippen LogP contribution in [-0.4, -0.2) is 15.9 Å². The summed E-state index contributed by atoms with van der Waals surface area (Å²) >= 11 is 1.42. The molecule has 0 aliphatic carbocycles. The van der Waals surface area contributed by atoms with Gasteiger partial charge in [-0.2, -0.15) is 0 Å². The minimum absolute atomic E-state index is 0.161. The molecule has 0 bridgehead atoms. The molecule has 0 aliphatic heterocycles. The van der Waals surface area contributed by atoms with Gasteiger partial charge in [0.1, 0.15) is 5.69 Å². The van der Waals surface area contributed by atoms with Crippen molar-refractivity contribution in [3.8, 4) is 22.7 Å². The zero-order valence-electron chi connectivity index (χ0n) is 15.2. The molecule has 0 saturated heterocycles. The number of rotatable bonds is 4. The average Bonchev–Trinajstić information content (AvgIpc) is 3.39.